The van der Waals surface area contributed by atoms with E-state index in [1.54, 1.807) is 19.2 Å². The zero-order valence-electron chi connectivity index (χ0n) is 11.2. The first-order valence-electron chi connectivity index (χ1n) is 6.37. The minimum atomic E-state index is -0.464. The molecule has 1 atom stereocenters. The van der Waals surface area contributed by atoms with Crippen LogP contribution in [0.4, 0.5) is 10.1 Å². The minimum Gasteiger partial charge on any atom is -0.391 e. The van der Waals surface area contributed by atoms with Gasteiger partial charge in [-0.15, -0.1) is 0 Å². The first kappa shape index (κ1) is 13.8. The lowest BCUT2D eigenvalue weighted by atomic mass is 9.89. The van der Waals surface area contributed by atoms with E-state index in [1.165, 1.54) is 6.07 Å². The predicted molar refractivity (Wildman–Crippen MR) is 71.3 cm³/mol. The summed E-state index contributed by atoms with van der Waals surface area (Å²) in [4.78, 5) is 13.8. The molecule has 104 valence electrons. The second-order valence-corrected chi connectivity index (χ2v) is 5.21. The highest BCUT2D eigenvalue weighted by atomic mass is 19.1. The lowest BCUT2D eigenvalue weighted by Crippen LogP contribution is -2.39. The molecular weight excluding hydrogens is 247 g/mol. The maximum atomic E-state index is 13.7. The van der Waals surface area contributed by atoms with Crippen molar-refractivity contribution in [3.05, 3.63) is 29.6 Å². The van der Waals surface area contributed by atoms with Crippen LogP contribution in [0.25, 0.3) is 0 Å². The van der Waals surface area contributed by atoms with Crippen LogP contribution in [0.1, 0.15) is 18.9 Å². The Morgan fingerprint density at radius 2 is 2.32 bits per heavy atom. The highest BCUT2D eigenvalue weighted by molar-refractivity contribution is 5.83. The number of carbonyl (C=O) groups is 1. The molecule has 1 fully saturated rings. The first-order chi connectivity index (χ1) is 9.01. The summed E-state index contributed by atoms with van der Waals surface area (Å²) in [6.45, 7) is 2.78. The number of halogens is 1. The minimum absolute atomic E-state index is 0.00282. The average Bonchev–Trinajstić information content (AvgIpc) is 2.81. The molecule has 1 unspecified atom stereocenters. The number of benzene rings is 1. The maximum absolute atomic E-state index is 13.7. The summed E-state index contributed by atoms with van der Waals surface area (Å²) in [5, 5.41) is 12.0. The molecule has 0 radical (unpaired) electrons. The molecule has 1 aromatic carbocycles. The largest absolute Gasteiger partial charge is 0.391 e. The molecule has 0 aromatic heterocycles. The molecule has 0 aliphatic carbocycles. The zero-order chi connectivity index (χ0) is 14.0. The Kier molecular flexibility index (Phi) is 3.75. The van der Waals surface area contributed by atoms with Gasteiger partial charge in [0.2, 0.25) is 5.91 Å². The summed E-state index contributed by atoms with van der Waals surface area (Å²) in [6.07, 6.45) is 0.716. The van der Waals surface area contributed by atoms with Crippen molar-refractivity contribution in [2.75, 3.05) is 25.0 Å². The predicted octanol–water partition coefficient (Wildman–Crippen LogP) is 1.28. The summed E-state index contributed by atoms with van der Waals surface area (Å²) >= 11 is 0. The molecule has 1 aromatic rings. The monoisotopic (exact) mass is 266 g/mol. The van der Waals surface area contributed by atoms with Crippen molar-refractivity contribution in [2.45, 2.75) is 20.0 Å². The standard InChI is InChI=1S/C14H19FN2O2/c1-14(13(19)16-2)6-7-17(9-14)12-5-3-4-11(15)10(12)8-18/h3-5,18H,6-9H2,1-2H3,(H,16,19). The van der Waals surface area contributed by atoms with Crippen LogP contribution < -0.4 is 10.2 Å². The Balaban J connectivity index is 2.27. The van der Waals surface area contributed by atoms with E-state index >= 15 is 0 Å². The third kappa shape index (κ3) is 2.42. The fourth-order valence-corrected chi connectivity index (χ4v) is 2.65. The van der Waals surface area contributed by atoms with Crippen molar-refractivity contribution in [2.24, 2.45) is 5.41 Å². The number of carbonyl (C=O) groups excluding carboxylic acids is 1. The Hall–Kier alpha value is -1.62. The quantitative estimate of drug-likeness (QED) is 0.866. The summed E-state index contributed by atoms with van der Waals surface area (Å²) < 4.78 is 13.7. The smallest absolute Gasteiger partial charge is 0.227 e. The van der Waals surface area contributed by atoms with Gasteiger partial charge in [0.1, 0.15) is 5.82 Å². The number of aliphatic hydroxyl groups excluding tert-OH is 1. The van der Waals surface area contributed by atoms with E-state index in [9.17, 15) is 14.3 Å². The lowest BCUT2D eigenvalue weighted by Gasteiger charge is -2.25. The molecule has 5 heteroatoms. The van der Waals surface area contributed by atoms with Crippen LogP contribution >= 0.6 is 0 Å². The zero-order valence-corrected chi connectivity index (χ0v) is 11.2. The van der Waals surface area contributed by atoms with Gasteiger partial charge in [-0.1, -0.05) is 6.07 Å². The number of rotatable bonds is 3. The maximum Gasteiger partial charge on any atom is 0.227 e. The second kappa shape index (κ2) is 5.17. The van der Waals surface area contributed by atoms with E-state index in [-0.39, 0.29) is 12.5 Å². The number of hydrogen-bond acceptors (Lipinski definition) is 3. The highest BCUT2D eigenvalue weighted by Gasteiger charge is 2.40. The van der Waals surface area contributed by atoms with Crippen molar-refractivity contribution in [1.29, 1.82) is 0 Å². The number of nitrogens with zero attached hydrogens (tertiary/aromatic N) is 1. The summed E-state index contributed by atoms with van der Waals surface area (Å²) in [6, 6.07) is 4.74. The molecule has 19 heavy (non-hydrogen) atoms. The molecule has 4 nitrogen and oxygen atoms in total. The Bertz CT molecular complexity index is 492. The molecule has 1 saturated heterocycles. The van der Waals surface area contributed by atoms with E-state index in [4.69, 9.17) is 0 Å². The summed E-state index contributed by atoms with van der Waals surface area (Å²) in [5.74, 6) is -0.412. The molecular formula is C14H19FN2O2. The van der Waals surface area contributed by atoms with E-state index in [2.05, 4.69) is 5.32 Å². The lowest BCUT2D eigenvalue weighted by molar-refractivity contribution is -0.128. The van der Waals surface area contributed by atoms with Gasteiger partial charge < -0.3 is 15.3 Å². The van der Waals surface area contributed by atoms with E-state index in [0.717, 1.165) is 0 Å². The molecule has 0 bridgehead atoms. The van der Waals surface area contributed by atoms with Gasteiger partial charge in [0.05, 0.1) is 12.0 Å². The molecule has 1 aliphatic rings. The normalized spacial score (nSPS) is 22.6. The van der Waals surface area contributed by atoms with Crippen LogP contribution in [0.5, 0.6) is 0 Å². The third-order valence-electron chi connectivity index (χ3n) is 3.84. The van der Waals surface area contributed by atoms with Crippen LogP contribution in [-0.2, 0) is 11.4 Å². The van der Waals surface area contributed by atoms with Gasteiger partial charge in [-0.2, -0.15) is 0 Å². The van der Waals surface area contributed by atoms with E-state index in [0.29, 0.717) is 30.8 Å². The number of nitrogens with one attached hydrogen (secondary N) is 1. The molecule has 2 N–H and O–H groups in total. The third-order valence-corrected chi connectivity index (χ3v) is 3.84. The van der Waals surface area contributed by atoms with Gasteiger partial charge in [-0.05, 0) is 25.5 Å². The van der Waals surface area contributed by atoms with Crippen LogP contribution in [0.3, 0.4) is 0 Å². The summed E-state index contributed by atoms with van der Waals surface area (Å²) in [7, 11) is 1.62. The van der Waals surface area contributed by atoms with Gasteiger partial charge >= 0.3 is 0 Å². The van der Waals surface area contributed by atoms with Gasteiger partial charge in [0.15, 0.2) is 0 Å². The molecule has 1 aliphatic heterocycles. The van der Waals surface area contributed by atoms with Gasteiger partial charge in [0.25, 0.3) is 0 Å². The molecule has 1 amide bonds. The van der Waals surface area contributed by atoms with Crippen molar-refractivity contribution in [3.8, 4) is 0 Å². The molecule has 1 heterocycles. The van der Waals surface area contributed by atoms with Crippen LogP contribution in [0.2, 0.25) is 0 Å². The second-order valence-electron chi connectivity index (χ2n) is 5.21. The van der Waals surface area contributed by atoms with E-state index in [1.807, 2.05) is 11.8 Å². The number of hydrogen-bond donors (Lipinski definition) is 2. The van der Waals surface area contributed by atoms with Gasteiger partial charge in [0, 0.05) is 31.4 Å². The topological polar surface area (TPSA) is 52.6 Å². The van der Waals surface area contributed by atoms with Gasteiger partial charge in [-0.3, -0.25) is 4.79 Å². The number of aliphatic hydroxyl groups is 1. The fraction of sp³-hybridized carbons (Fsp3) is 0.500. The Morgan fingerprint density at radius 3 is 2.95 bits per heavy atom. The first-order valence-corrected chi connectivity index (χ1v) is 6.37. The SMILES string of the molecule is CNC(=O)C1(C)CCN(c2cccc(F)c2CO)C1. The van der Waals surface area contributed by atoms with Crippen LogP contribution in [-0.4, -0.2) is 31.2 Å². The summed E-state index contributed by atoms with van der Waals surface area (Å²) in [5.41, 5.74) is 0.507. The van der Waals surface area contributed by atoms with Crippen molar-refractivity contribution < 1.29 is 14.3 Å². The van der Waals surface area contributed by atoms with Gasteiger partial charge in [-0.25, -0.2) is 4.39 Å². The molecule has 2 rings (SSSR count). The Morgan fingerprint density at radius 1 is 1.58 bits per heavy atom. The Labute approximate surface area is 112 Å². The van der Waals surface area contributed by atoms with Crippen molar-refractivity contribution >= 4 is 11.6 Å². The van der Waals surface area contributed by atoms with Crippen molar-refractivity contribution in [1.82, 2.24) is 5.32 Å². The number of amides is 1. The fourth-order valence-electron chi connectivity index (χ4n) is 2.65. The van der Waals surface area contributed by atoms with E-state index < -0.39 is 11.2 Å². The molecule has 0 spiro atoms. The van der Waals surface area contributed by atoms with Crippen LogP contribution in [0.15, 0.2) is 18.2 Å². The number of anilines is 1. The molecule has 0 saturated carbocycles. The van der Waals surface area contributed by atoms with Crippen LogP contribution in [0, 0.1) is 11.2 Å². The van der Waals surface area contributed by atoms with Crippen molar-refractivity contribution in [3.63, 3.8) is 0 Å². The highest BCUT2D eigenvalue weighted by Crippen LogP contribution is 2.35. The average molecular weight is 266 g/mol.